The van der Waals surface area contributed by atoms with E-state index in [4.69, 9.17) is 4.74 Å². The van der Waals surface area contributed by atoms with Crippen LogP contribution in [0.2, 0.25) is 0 Å². The van der Waals surface area contributed by atoms with Crippen molar-refractivity contribution < 1.29 is 14.3 Å². The summed E-state index contributed by atoms with van der Waals surface area (Å²) in [4.78, 5) is 24.4. The first-order valence-corrected chi connectivity index (χ1v) is 7.68. The van der Waals surface area contributed by atoms with E-state index in [1.165, 1.54) is 6.92 Å². The van der Waals surface area contributed by atoms with Crippen LogP contribution in [0, 0.1) is 6.92 Å². The Kier molecular flexibility index (Phi) is 5.21. The van der Waals surface area contributed by atoms with E-state index in [1.807, 2.05) is 26.0 Å². The highest BCUT2D eigenvalue weighted by atomic mass is 32.1. The maximum Gasteiger partial charge on any atom is 0.352 e. The molecule has 116 valence electrons. The number of rotatable bonds is 5. The lowest BCUT2D eigenvalue weighted by molar-refractivity contribution is -0.123. The molecule has 0 fully saturated rings. The lowest BCUT2D eigenvalue weighted by atomic mass is 10.2. The van der Waals surface area contributed by atoms with Crippen LogP contribution in [0.5, 0.6) is 0 Å². The normalized spacial score (nSPS) is 11.8. The van der Waals surface area contributed by atoms with E-state index in [0.717, 1.165) is 17.1 Å². The molecule has 6 nitrogen and oxygen atoms in total. The number of carbonyl (C=O) groups is 2. The third-order valence-corrected chi connectivity index (χ3v) is 3.80. The van der Waals surface area contributed by atoms with Crippen LogP contribution < -0.4 is 5.32 Å². The van der Waals surface area contributed by atoms with Crippen LogP contribution in [-0.4, -0.2) is 27.6 Å². The molecule has 7 heteroatoms. The van der Waals surface area contributed by atoms with Crippen molar-refractivity contribution in [1.82, 2.24) is 9.59 Å². The Morgan fingerprint density at radius 3 is 2.64 bits per heavy atom. The monoisotopic (exact) mass is 319 g/mol. The number of aryl methyl sites for hydroxylation is 2. The molecule has 0 aliphatic heterocycles. The Hall–Kier alpha value is -2.28. The lowest BCUT2D eigenvalue weighted by Gasteiger charge is -2.13. The van der Waals surface area contributed by atoms with Gasteiger partial charge in [0.25, 0.3) is 5.91 Å². The second-order valence-corrected chi connectivity index (χ2v) is 5.56. The number of carbonyl (C=O) groups excluding carboxylic acids is 2. The Morgan fingerprint density at radius 2 is 2.00 bits per heavy atom. The standard InChI is InChI=1S/C15H17N3O3S/c1-4-12-13(22-18-17-12)15(20)21-10(3)14(19)16-11-7-5-9(2)6-8-11/h5-8,10H,4H2,1-3H3,(H,16,19)/t10-/m1/s1. The third kappa shape index (κ3) is 3.88. The highest BCUT2D eigenvalue weighted by Gasteiger charge is 2.22. The molecule has 1 atom stereocenters. The molecule has 22 heavy (non-hydrogen) atoms. The lowest BCUT2D eigenvalue weighted by Crippen LogP contribution is -2.30. The van der Waals surface area contributed by atoms with Gasteiger partial charge in [0.2, 0.25) is 0 Å². The van der Waals surface area contributed by atoms with Crippen LogP contribution >= 0.6 is 11.5 Å². The van der Waals surface area contributed by atoms with Gasteiger partial charge in [0.05, 0.1) is 5.69 Å². The summed E-state index contributed by atoms with van der Waals surface area (Å²) in [7, 11) is 0. The van der Waals surface area contributed by atoms with Gasteiger partial charge in [0, 0.05) is 5.69 Å². The Labute approximate surface area is 132 Å². The second-order valence-electron chi connectivity index (χ2n) is 4.81. The van der Waals surface area contributed by atoms with Gasteiger partial charge < -0.3 is 10.1 Å². The summed E-state index contributed by atoms with van der Waals surface area (Å²) in [5, 5.41) is 6.56. The molecule has 1 amide bonds. The Morgan fingerprint density at radius 1 is 1.32 bits per heavy atom. The van der Waals surface area contributed by atoms with Crippen molar-refractivity contribution in [1.29, 1.82) is 0 Å². The molecule has 0 aliphatic rings. The van der Waals surface area contributed by atoms with E-state index < -0.39 is 12.1 Å². The zero-order valence-corrected chi connectivity index (χ0v) is 13.4. The van der Waals surface area contributed by atoms with Crippen LogP contribution in [0.1, 0.15) is 34.8 Å². The molecule has 1 N–H and O–H groups in total. The van der Waals surface area contributed by atoms with E-state index in [1.54, 1.807) is 12.1 Å². The number of anilines is 1. The molecular weight excluding hydrogens is 302 g/mol. The molecular formula is C15H17N3O3S. The predicted molar refractivity (Wildman–Crippen MR) is 84.0 cm³/mol. The average molecular weight is 319 g/mol. The molecule has 1 heterocycles. The zero-order valence-electron chi connectivity index (χ0n) is 12.6. The van der Waals surface area contributed by atoms with Crippen molar-refractivity contribution in [2.24, 2.45) is 0 Å². The van der Waals surface area contributed by atoms with Crippen molar-refractivity contribution in [2.45, 2.75) is 33.3 Å². The summed E-state index contributed by atoms with van der Waals surface area (Å²) in [5.41, 5.74) is 2.34. The van der Waals surface area contributed by atoms with Crippen molar-refractivity contribution in [3.63, 3.8) is 0 Å². The molecule has 1 aromatic heterocycles. The largest absolute Gasteiger partial charge is 0.448 e. The van der Waals surface area contributed by atoms with E-state index in [9.17, 15) is 9.59 Å². The van der Waals surface area contributed by atoms with E-state index in [-0.39, 0.29) is 5.91 Å². The molecule has 0 spiro atoms. The first-order chi connectivity index (χ1) is 10.5. The maximum absolute atomic E-state index is 12.0. The molecule has 0 saturated heterocycles. The van der Waals surface area contributed by atoms with Gasteiger partial charge in [-0.25, -0.2) is 4.79 Å². The molecule has 0 saturated carbocycles. The van der Waals surface area contributed by atoms with Gasteiger partial charge >= 0.3 is 5.97 Å². The van der Waals surface area contributed by atoms with Gasteiger partial charge in [-0.2, -0.15) is 0 Å². The molecule has 0 radical (unpaired) electrons. The summed E-state index contributed by atoms with van der Waals surface area (Å²) in [5.74, 6) is -0.953. The van der Waals surface area contributed by atoms with Crippen molar-refractivity contribution in [2.75, 3.05) is 5.32 Å². The Bertz CT molecular complexity index is 667. The van der Waals surface area contributed by atoms with Gasteiger partial charge in [-0.3, -0.25) is 4.79 Å². The van der Waals surface area contributed by atoms with E-state index >= 15 is 0 Å². The van der Waals surface area contributed by atoms with Crippen molar-refractivity contribution >= 4 is 29.1 Å². The van der Waals surface area contributed by atoms with Gasteiger partial charge in [0.15, 0.2) is 11.0 Å². The van der Waals surface area contributed by atoms with Crippen LogP contribution in [0.25, 0.3) is 0 Å². The number of aromatic nitrogens is 2. The smallest absolute Gasteiger partial charge is 0.352 e. The average Bonchev–Trinajstić information content (AvgIpc) is 2.98. The first-order valence-electron chi connectivity index (χ1n) is 6.91. The number of hydrogen-bond donors (Lipinski definition) is 1. The van der Waals surface area contributed by atoms with E-state index in [2.05, 4.69) is 14.9 Å². The molecule has 2 rings (SSSR count). The van der Waals surface area contributed by atoms with Crippen LogP contribution in [0.15, 0.2) is 24.3 Å². The molecule has 1 aromatic carbocycles. The number of benzene rings is 1. The SMILES string of the molecule is CCc1nnsc1C(=O)O[C@H](C)C(=O)Nc1ccc(C)cc1. The molecule has 0 aliphatic carbocycles. The molecule has 0 unspecified atom stereocenters. The summed E-state index contributed by atoms with van der Waals surface area (Å²) in [6, 6.07) is 7.37. The van der Waals surface area contributed by atoms with Gasteiger partial charge in [-0.1, -0.05) is 29.1 Å². The minimum absolute atomic E-state index is 0.345. The highest BCUT2D eigenvalue weighted by molar-refractivity contribution is 7.07. The number of nitrogens with one attached hydrogen (secondary N) is 1. The number of ether oxygens (including phenoxy) is 1. The number of amides is 1. The number of nitrogens with zero attached hydrogens (tertiary/aromatic N) is 2. The number of esters is 1. The Balaban J connectivity index is 1.96. The van der Waals surface area contributed by atoms with Crippen molar-refractivity contribution in [3.05, 3.63) is 40.4 Å². The summed E-state index contributed by atoms with van der Waals surface area (Å²) in [6.45, 7) is 5.37. The summed E-state index contributed by atoms with van der Waals surface area (Å²) < 4.78 is 8.91. The quantitative estimate of drug-likeness (QED) is 0.857. The predicted octanol–water partition coefficient (Wildman–Crippen LogP) is 2.59. The summed E-state index contributed by atoms with van der Waals surface area (Å²) in [6.07, 6.45) is -0.314. The first kappa shape index (κ1) is 16.1. The minimum atomic E-state index is -0.902. The molecule has 2 aromatic rings. The second kappa shape index (κ2) is 7.13. The summed E-state index contributed by atoms with van der Waals surface area (Å²) >= 11 is 0.974. The molecule has 0 bridgehead atoms. The van der Waals surface area contributed by atoms with Crippen molar-refractivity contribution in [3.8, 4) is 0 Å². The van der Waals surface area contributed by atoms with Crippen LogP contribution in [0.4, 0.5) is 5.69 Å². The third-order valence-electron chi connectivity index (χ3n) is 3.05. The van der Waals surface area contributed by atoms with Gasteiger partial charge in [-0.05, 0) is 43.9 Å². The fourth-order valence-corrected chi connectivity index (χ4v) is 2.38. The van der Waals surface area contributed by atoms with Crippen LogP contribution in [-0.2, 0) is 16.0 Å². The number of hydrogen-bond acceptors (Lipinski definition) is 6. The fourth-order valence-electron chi connectivity index (χ4n) is 1.74. The maximum atomic E-state index is 12.0. The topological polar surface area (TPSA) is 81.2 Å². The van der Waals surface area contributed by atoms with Gasteiger partial charge in [0.1, 0.15) is 0 Å². The fraction of sp³-hybridized carbons (Fsp3) is 0.333. The van der Waals surface area contributed by atoms with E-state index in [0.29, 0.717) is 22.7 Å². The van der Waals surface area contributed by atoms with Crippen LogP contribution in [0.3, 0.4) is 0 Å². The highest BCUT2D eigenvalue weighted by Crippen LogP contribution is 2.15. The minimum Gasteiger partial charge on any atom is -0.448 e. The van der Waals surface area contributed by atoms with Gasteiger partial charge in [-0.15, -0.1) is 5.10 Å². The zero-order chi connectivity index (χ0) is 16.1.